The molecule has 26 heteroatoms. The molecule has 0 fully saturated rings. The number of para-hydroxylation sites is 4. The number of hydrogen-bond donors (Lipinski definition) is 12. The molecule has 12 N–H and O–H groups in total. The smallest absolute Gasteiger partial charge is 0.255 e. The van der Waals surface area contributed by atoms with Gasteiger partial charge >= 0.3 is 0 Å². The Bertz CT molecular complexity index is 2790. The van der Waals surface area contributed by atoms with E-state index in [-0.39, 0.29) is 162 Å². The van der Waals surface area contributed by atoms with Crippen molar-refractivity contribution >= 4 is 47.3 Å². The van der Waals surface area contributed by atoms with Crippen LogP contribution in [0.2, 0.25) is 0 Å². The number of amides is 8. The number of phenolic OH excluding ortho intramolecular Hbond substituents is 4. The monoisotopic (exact) mass is 1340 g/mol. The van der Waals surface area contributed by atoms with Gasteiger partial charge in [-0.15, -0.1) is 6.54 Å². The van der Waals surface area contributed by atoms with Crippen LogP contribution < -0.4 is 42.5 Å². The molecule has 428 valence electrons. The van der Waals surface area contributed by atoms with Gasteiger partial charge < -0.3 is 67.9 Å². The summed E-state index contributed by atoms with van der Waals surface area (Å²) in [5.74, 6) is -8.18. The molecular weight excluding hydrogens is 1270 g/mol. The molecule has 0 radical (unpaired) electrons. The molecule has 4 aromatic carbocycles. The van der Waals surface area contributed by atoms with Gasteiger partial charge in [-0.05, 0) is 48.5 Å². The summed E-state index contributed by atoms with van der Waals surface area (Å²) >= 11 is 0. The predicted molar refractivity (Wildman–Crippen MR) is 281 cm³/mol. The van der Waals surface area contributed by atoms with E-state index in [9.17, 15) is 58.8 Å². The van der Waals surface area contributed by atoms with Gasteiger partial charge in [0.15, 0.2) is 0 Å². The van der Waals surface area contributed by atoms with Crippen molar-refractivity contribution in [2.24, 2.45) is 0 Å². The number of carbonyl (C=O) groups excluding carboxylic acids is 8. The van der Waals surface area contributed by atoms with Crippen molar-refractivity contribution in [2.45, 2.75) is 6.04 Å². The second kappa shape index (κ2) is 28.1. The van der Waals surface area contributed by atoms with Gasteiger partial charge in [0.05, 0.1) is 50.5 Å². The summed E-state index contributed by atoms with van der Waals surface area (Å²) < 4.78 is 15.1. The first-order valence-corrected chi connectivity index (χ1v) is 25.5. The summed E-state index contributed by atoms with van der Waals surface area (Å²) in [7, 11) is 0. The van der Waals surface area contributed by atoms with Crippen molar-refractivity contribution in [3.8, 4) is 23.0 Å². The third kappa shape index (κ3) is 15.4. The van der Waals surface area contributed by atoms with E-state index in [0.717, 1.165) is 0 Å². The molecule has 0 saturated heterocycles. The van der Waals surface area contributed by atoms with E-state index in [0.29, 0.717) is 0 Å². The number of benzene rings is 4. The number of hydrogen-bond acceptors (Lipinski definition) is 16. The Morgan fingerprint density at radius 2 is 0.658 bits per heavy atom. The first kappa shape index (κ1) is 58.9. The zero-order valence-corrected chi connectivity index (χ0v) is 45.4. The van der Waals surface area contributed by atoms with Crippen LogP contribution in [-0.2, 0) is 0 Å². The van der Waals surface area contributed by atoms with Crippen LogP contribution in [0.3, 0.4) is 0 Å². The number of rotatable bonds is 1. The molecule has 4 heterocycles. The molecule has 4 aliphatic heterocycles. The number of nitrogens with one attached hydrogen (secondary N) is 8. The minimum atomic E-state index is -1.23. The normalized spacial score (nSPS) is 22.3. The van der Waals surface area contributed by atoms with Crippen molar-refractivity contribution in [1.29, 1.82) is 0 Å². The van der Waals surface area contributed by atoms with Crippen LogP contribution >= 0.6 is 0 Å². The predicted octanol–water partition coefficient (Wildman–Crippen LogP) is -0.803. The quantitative estimate of drug-likeness (QED) is 0.104. The van der Waals surface area contributed by atoms with E-state index in [1.807, 2.05) is 9.80 Å². The standard InChI is InChI=1S/C53H64FN12O12.Fm/c54-31-33-32-66-26-19-61-51(76)39-10-3-9-38(44(39)69)48(73)57-15-22-64(23-16-60-52(77)40-11-4-12-41(45(40)70)53(78)62-33)28-27-63-20-13-55-46(71)34-5-1-7-36(42(34)67)49(74)58-17-24-65(29-30-66)25-18-59-50(75)37-8-2-6-35(43(37)68)47(72)56-14-21-63;/h1-12,17,33,67-70H,13-16,18-32H2,(H,55,71)(H,56,72)(H,57,73)(H,58,74)(H,59,75)(H,60,77)(H,61,76)(H,62,78);/q-1;. The van der Waals surface area contributed by atoms with Crippen LogP contribution in [0.4, 0.5) is 4.39 Å². The molecule has 0 aromatic heterocycles. The van der Waals surface area contributed by atoms with Gasteiger partial charge in [0.25, 0.3) is 41.4 Å². The van der Waals surface area contributed by atoms with Gasteiger partial charge in [0.1, 0.15) is 29.7 Å². The molecule has 24 nitrogen and oxygen atoms in total. The molecule has 79 heavy (non-hydrogen) atoms. The third-order valence-electron chi connectivity index (χ3n) is 13.4. The fourth-order valence-corrected chi connectivity index (χ4v) is 9.05. The Labute approximate surface area is 448 Å². The van der Waals surface area contributed by atoms with E-state index in [2.05, 4.69) is 42.5 Å². The number of alkyl halides is 1. The molecule has 0 saturated carbocycles. The fourth-order valence-electron chi connectivity index (χ4n) is 9.05. The Hall–Kier alpha value is -9.39. The summed E-state index contributed by atoms with van der Waals surface area (Å²) in [5, 5.41) is 67.0. The van der Waals surface area contributed by atoms with Crippen molar-refractivity contribution in [3.63, 3.8) is 0 Å². The largest absolute Gasteiger partial charge is 0.506 e. The van der Waals surface area contributed by atoms with E-state index >= 15 is 4.39 Å². The molecule has 5 atom stereocenters. The molecule has 5 unspecified atom stereocenters. The molecule has 0 spiro atoms. The van der Waals surface area contributed by atoms with Crippen LogP contribution in [0, 0.1) is 6.54 Å². The first-order valence-electron chi connectivity index (χ1n) is 25.5. The summed E-state index contributed by atoms with van der Waals surface area (Å²) in [4.78, 5) is 116. The van der Waals surface area contributed by atoms with Gasteiger partial charge in [-0.1, -0.05) is 24.3 Å². The topological polar surface area (TPSA) is 327 Å². The van der Waals surface area contributed by atoms with Crippen LogP contribution in [0.5, 0.6) is 23.0 Å². The molecule has 0 aliphatic carbocycles. The maximum absolute atomic E-state index is 15.1. The second-order valence-electron chi connectivity index (χ2n) is 18.6. The number of aromatic hydroxyl groups is 4. The minimum absolute atomic E-state index is 0. The average molecular weight is 1340 g/mol. The van der Waals surface area contributed by atoms with E-state index in [1.165, 1.54) is 79.3 Å². The molecule has 4 aliphatic rings. The van der Waals surface area contributed by atoms with Crippen LogP contribution in [-0.4, -0.2) is 218 Å². The van der Waals surface area contributed by atoms with Gasteiger partial charge in [-0.25, -0.2) is 10.9 Å². The van der Waals surface area contributed by atoms with E-state index < -0.39 is 83.0 Å². The zero-order valence-electron chi connectivity index (χ0n) is 43.0. The second-order valence-corrected chi connectivity index (χ2v) is 18.6. The van der Waals surface area contributed by atoms with Crippen LogP contribution in [0.1, 0.15) is 82.9 Å². The fraction of sp³-hybridized carbons (Fsp3) is 0.377. The van der Waals surface area contributed by atoms with Gasteiger partial charge in [-0.2, -0.15) is 0 Å². The van der Waals surface area contributed by atoms with Crippen LogP contribution in [0.15, 0.2) is 72.8 Å². The molecule has 8 rings (SSSR count). The number of phenols is 4. The molecule has 4 aromatic rings. The van der Waals surface area contributed by atoms with Crippen molar-refractivity contribution in [2.75, 3.05) is 124 Å². The molecule has 12 bridgehead atoms. The number of nitrogens with zero attached hydrogens (tertiary/aromatic N) is 4. The summed E-state index contributed by atoms with van der Waals surface area (Å²) in [6.07, 6.45) is 0. The van der Waals surface area contributed by atoms with E-state index in [1.54, 1.807) is 9.80 Å². The van der Waals surface area contributed by atoms with E-state index in [4.69, 9.17) is 0 Å². The number of halogens is 1. The minimum Gasteiger partial charge on any atom is -0.506 e. The zero-order chi connectivity index (χ0) is 55.7. The number of fused-ring (bicyclic) bond motifs is 16. The van der Waals surface area contributed by atoms with Crippen molar-refractivity contribution in [1.82, 2.24) is 62.1 Å². The molecule has 8 amide bonds. The van der Waals surface area contributed by atoms with Gasteiger partial charge in [0, 0.05) is 111 Å². The van der Waals surface area contributed by atoms with Gasteiger partial charge in [-0.3, -0.25) is 53.1 Å². The Kier molecular flexibility index (Phi) is 21.0. The maximum Gasteiger partial charge on any atom is 0.255 e. The third-order valence-corrected chi connectivity index (χ3v) is 13.4. The van der Waals surface area contributed by atoms with Crippen LogP contribution in [0.25, 0.3) is 0 Å². The summed E-state index contributed by atoms with van der Waals surface area (Å²) in [6.45, 7) is 1.24. The number of carbonyl (C=O) groups is 8. The Morgan fingerprint density at radius 3 is 0.987 bits per heavy atom. The SMILES string of the molecule is O=C1N[CH-]CN2CCNC(=O)c3cccc(c3O)C(=O)NCCN(CCNC(=O)c3cccc1c3O)CCN1CCNC(=O)c3cccc(c3O)C(=O)NCCN(CC2)CC(CF)NC(=O)c2cccc(c2O)C(=O)NCC1.[Fm]. The first-order chi connectivity index (χ1) is 37.6. The Morgan fingerprint density at radius 1 is 0.392 bits per heavy atom. The Balaban J connectivity index is 0.0000101. The summed E-state index contributed by atoms with van der Waals surface area (Å²) in [5.41, 5.74) is -1.64. The van der Waals surface area contributed by atoms with Crippen molar-refractivity contribution < 1.29 is 63.2 Å². The van der Waals surface area contributed by atoms with Crippen molar-refractivity contribution in [3.05, 3.63) is 124 Å². The van der Waals surface area contributed by atoms with Gasteiger partial charge in [0.2, 0.25) is 5.91 Å². The maximum atomic E-state index is 15.1. The molecular formula is C53H64FFmN12O12-. The average Bonchev–Trinajstić information content (AvgIpc) is 3.43. The summed E-state index contributed by atoms with van der Waals surface area (Å²) in [6, 6.07) is 15.2.